The Kier molecular flexibility index (Phi) is 4.15. The average molecular weight is 290 g/mol. The molecule has 0 bridgehead atoms. The second-order valence-electron chi connectivity index (χ2n) is 5.22. The van der Waals surface area contributed by atoms with Crippen LogP contribution in [0.3, 0.4) is 0 Å². The van der Waals surface area contributed by atoms with Crippen LogP contribution in [0.1, 0.15) is 22.8 Å². The van der Waals surface area contributed by atoms with Crippen LogP contribution < -0.4 is 0 Å². The third kappa shape index (κ3) is 2.98. The molecule has 3 nitrogen and oxygen atoms in total. The van der Waals surface area contributed by atoms with E-state index in [1.165, 1.54) is 0 Å². The lowest BCUT2D eigenvalue weighted by molar-refractivity contribution is 0.0752. The van der Waals surface area contributed by atoms with Gasteiger partial charge in [0.25, 0.3) is 5.91 Å². The molecule has 0 aliphatic rings. The number of carbonyl (C=O) groups excluding carboxylic acids is 1. The summed E-state index contributed by atoms with van der Waals surface area (Å²) in [5.41, 5.74) is 2.67. The standard InChI is InChI=1S/C19H18N2O/c1-2-21(14-15-8-4-3-5-9-15)19(22)17-12-16-10-6-7-11-18(16)20-13-17/h3-13H,2,14H2,1H3. The van der Waals surface area contributed by atoms with Gasteiger partial charge in [0, 0.05) is 24.7 Å². The number of nitrogens with zero attached hydrogens (tertiary/aromatic N) is 2. The second kappa shape index (κ2) is 6.39. The van der Waals surface area contributed by atoms with E-state index < -0.39 is 0 Å². The number of aromatic nitrogens is 1. The van der Waals surface area contributed by atoms with Crippen LogP contribution in [0.25, 0.3) is 10.9 Å². The predicted molar refractivity (Wildman–Crippen MR) is 88.6 cm³/mol. The molecule has 0 fully saturated rings. The highest BCUT2D eigenvalue weighted by Crippen LogP contribution is 2.15. The molecule has 22 heavy (non-hydrogen) atoms. The summed E-state index contributed by atoms with van der Waals surface area (Å²) in [6.07, 6.45) is 1.66. The Balaban J connectivity index is 1.86. The van der Waals surface area contributed by atoms with Gasteiger partial charge in [0.1, 0.15) is 0 Å². The van der Waals surface area contributed by atoms with Crippen LogP contribution >= 0.6 is 0 Å². The van der Waals surface area contributed by atoms with Gasteiger partial charge in [-0.1, -0.05) is 48.5 Å². The number of hydrogen-bond acceptors (Lipinski definition) is 2. The Morgan fingerprint density at radius 2 is 1.77 bits per heavy atom. The summed E-state index contributed by atoms with van der Waals surface area (Å²) in [6, 6.07) is 19.8. The smallest absolute Gasteiger partial charge is 0.255 e. The fourth-order valence-electron chi connectivity index (χ4n) is 2.50. The molecule has 110 valence electrons. The van der Waals surface area contributed by atoms with Crippen molar-refractivity contribution in [3.05, 3.63) is 78.0 Å². The summed E-state index contributed by atoms with van der Waals surface area (Å²) in [5, 5.41) is 0.990. The summed E-state index contributed by atoms with van der Waals surface area (Å²) in [7, 11) is 0. The Morgan fingerprint density at radius 1 is 1.05 bits per heavy atom. The summed E-state index contributed by atoms with van der Waals surface area (Å²) in [4.78, 5) is 18.9. The van der Waals surface area contributed by atoms with Gasteiger partial charge in [-0.2, -0.15) is 0 Å². The molecule has 3 rings (SSSR count). The van der Waals surface area contributed by atoms with Crippen molar-refractivity contribution in [3.63, 3.8) is 0 Å². The second-order valence-corrected chi connectivity index (χ2v) is 5.22. The molecule has 0 aliphatic carbocycles. The van der Waals surface area contributed by atoms with E-state index in [1.54, 1.807) is 6.20 Å². The normalized spacial score (nSPS) is 10.6. The van der Waals surface area contributed by atoms with Gasteiger partial charge >= 0.3 is 0 Å². The van der Waals surface area contributed by atoms with E-state index in [0.717, 1.165) is 16.5 Å². The Bertz CT molecular complexity index is 784. The van der Waals surface area contributed by atoms with Gasteiger partial charge < -0.3 is 4.90 Å². The minimum atomic E-state index is 0.0182. The number of amides is 1. The van der Waals surface area contributed by atoms with Crippen molar-refractivity contribution in [1.82, 2.24) is 9.88 Å². The fraction of sp³-hybridized carbons (Fsp3) is 0.158. The molecular formula is C19H18N2O. The van der Waals surface area contributed by atoms with Gasteiger partial charge in [0.2, 0.25) is 0 Å². The monoisotopic (exact) mass is 290 g/mol. The van der Waals surface area contributed by atoms with Crippen molar-refractivity contribution in [2.45, 2.75) is 13.5 Å². The maximum atomic E-state index is 12.7. The zero-order chi connectivity index (χ0) is 15.4. The number of hydrogen-bond donors (Lipinski definition) is 0. The molecule has 1 heterocycles. The molecule has 3 heteroatoms. The van der Waals surface area contributed by atoms with Gasteiger partial charge in [-0.05, 0) is 24.6 Å². The highest BCUT2D eigenvalue weighted by molar-refractivity contribution is 5.97. The molecule has 0 saturated heterocycles. The summed E-state index contributed by atoms with van der Waals surface area (Å²) >= 11 is 0. The molecular weight excluding hydrogens is 272 g/mol. The van der Waals surface area contributed by atoms with Crippen LogP contribution in [0.5, 0.6) is 0 Å². The molecule has 0 unspecified atom stereocenters. The lowest BCUT2D eigenvalue weighted by Crippen LogP contribution is -2.30. The molecule has 2 aromatic carbocycles. The largest absolute Gasteiger partial charge is 0.335 e. The number of rotatable bonds is 4. The van der Waals surface area contributed by atoms with E-state index in [4.69, 9.17) is 0 Å². The quantitative estimate of drug-likeness (QED) is 0.730. The molecule has 3 aromatic rings. The lowest BCUT2D eigenvalue weighted by Gasteiger charge is -2.21. The van der Waals surface area contributed by atoms with Crippen molar-refractivity contribution in [2.75, 3.05) is 6.54 Å². The first-order valence-corrected chi connectivity index (χ1v) is 7.46. The third-order valence-corrected chi connectivity index (χ3v) is 3.72. The van der Waals surface area contributed by atoms with Crippen LogP contribution in [0.2, 0.25) is 0 Å². The highest BCUT2D eigenvalue weighted by atomic mass is 16.2. The van der Waals surface area contributed by atoms with Crippen molar-refractivity contribution in [1.29, 1.82) is 0 Å². The molecule has 1 amide bonds. The molecule has 0 aliphatic heterocycles. The number of benzene rings is 2. The first kappa shape index (κ1) is 14.3. The predicted octanol–water partition coefficient (Wildman–Crippen LogP) is 3.90. The summed E-state index contributed by atoms with van der Waals surface area (Å²) < 4.78 is 0. The minimum Gasteiger partial charge on any atom is -0.335 e. The van der Waals surface area contributed by atoms with Gasteiger partial charge in [-0.3, -0.25) is 9.78 Å². The van der Waals surface area contributed by atoms with Crippen LogP contribution in [-0.4, -0.2) is 22.3 Å². The zero-order valence-electron chi connectivity index (χ0n) is 12.6. The van der Waals surface area contributed by atoms with E-state index in [-0.39, 0.29) is 5.91 Å². The molecule has 0 saturated carbocycles. The fourth-order valence-corrected chi connectivity index (χ4v) is 2.50. The lowest BCUT2D eigenvalue weighted by atomic mass is 10.1. The molecule has 0 N–H and O–H groups in total. The van der Waals surface area contributed by atoms with Crippen molar-refractivity contribution >= 4 is 16.8 Å². The summed E-state index contributed by atoms with van der Waals surface area (Å²) in [6.45, 7) is 3.28. The van der Waals surface area contributed by atoms with E-state index in [9.17, 15) is 4.79 Å². The Labute approximate surface area is 130 Å². The highest BCUT2D eigenvalue weighted by Gasteiger charge is 2.15. The average Bonchev–Trinajstić information content (AvgIpc) is 2.59. The van der Waals surface area contributed by atoms with Gasteiger partial charge in [0.05, 0.1) is 11.1 Å². The number of pyridine rings is 1. The van der Waals surface area contributed by atoms with Gasteiger partial charge in [-0.15, -0.1) is 0 Å². The van der Waals surface area contributed by atoms with E-state index in [2.05, 4.69) is 4.98 Å². The Hall–Kier alpha value is -2.68. The number of para-hydroxylation sites is 1. The van der Waals surface area contributed by atoms with Crippen LogP contribution in [0, 0.1) is 0 Å². The molecule has 0 spiro atoms. The van der Waals surface area contributed by atoms with E-state index >= 15 is 0 Å². The topological polar surface area (TPSA) is 33.2 Å². The van der Waals surface area contributed by atoms with Crippen molar-refractivity contribution in [2.24, 2.45) is 0 Å². The molecule has 0 radical (unpaired) electrons. The zero-order valence-corrected chi connectivity index (χ0v) is 12.6. The van der Waals surface area contributed by atoms with Crippen molar-refractivity contribution < 1.29 is 4.79 Å². The van der Waals surface area contributed by atoms with Crippen LogP contribution in [0.4, 0.5) is 0 Å². The maximum absolute atomic E-state index is 12.7. The number of carbonyl (C=O) groups is 1. The van der Waals surface area contributed by atoms with E-state index in [1.807, 2.05) is 72.5 Å². The first-order chi connectivity index (χ1) is 10.8. The molecule has 1 aromatic heterocycles. The molecule has 0 atom stereocenters. The first-order valence-electron chi connectivity index (χ1n) is 7.46. The third-order valence-electron chi connectivity index (χ3n) is 3.72. The summed E-state index contributed by atoms with van der Waals surface area (Å²) in [5.74, 6) is 0.0182. The van der Waals surface area contributed by atoms with Gasteiger partial charge in [0.15, 0.2) is 0 Å². The van der Waals surface area contributed by atoms with Crippen molar-refractivity contribution in [3.8, 4) is 0 Å². The van der Waals surface area contributed by atoms with E-state index in [0.29, 0.717) is 18.7 Å². The minimum absolute atomic E-state index is 0.0182. The van der Waals surface area contributed by atoms with Crippen LogP contribution in [-0.2, 0) is 6.54 Å². The van der Waals surface area contributed by atoms with Crippen LogP contribution in [0.15, 0.2) is 66.9 Å². The Morgan fingerprint density at radius 3 is 2.55 bits per heavy atom. The van der Waals surface area contributed by atoms with Gasteiger partial charge in [-0.25, -0.2) is 0 Å². The SMILES string of the molecule is CCN(Cc1ccccc1)C(=O)c1cnc2ccccc2c1. The maximum Gasteiger partial charge on any atom is 0.255 e. The number of fused-ring (bicyclic) bond motifs is 1.